The summed E-state index contributed by atoms with van der Waals surface area (Å²) < 4.78 is 1.53. The molecule has 0 aromatic carbocycles. The summed E-state index contributed by atoms with van der Waals surface area (Å²) in [5.41, 5.74) is 0. The molecule has 2 aliphatic rings. The molecule has 0 unspecified atom stereocenters. The van der Waals surface area contributed by atoms with Gasteiger partial charge in [-0.1, -0.05) is 0 Å². The van der Waals surface area contributed by atoms with Gasteiger partial charge in [-0.05, 0) is 27.7 Å². The van der Waals surface area contributed by atoms with Gasteiger partial charge >= 0.3 is 86.2 Å². The summed E-state index contributed by atoms with van der Waals surface area (Å²) in [5.74, 6) is 0. The molecule has 0 N–H and O–H groups in total. The zero-order valence-corrected chi connectivity index (χ0v) is 20.2. The van der Waals surface area contributed by atoms with Gasteiger partial charge in [0.15, 0.2) is 0 Å². The fraction of sp³-hybridized carbons (Fsp3) is 0.947. The summed E-state index contributed by atoms with van der Waals surface area (Å²) in [6.07, 6.45) is 0. The van der Waals surface area contributed by atoms with Crippen LogP contribution in [0.15, 0.2) is 0 Å². The van der Waals surface area contributed by atoms with Gasteiger partial charge in [0.2, 0.25) is 0 Å². The first-order valence-corrected chi connectivity index (χ1v) is 11.2. The quantitative estimate of drug-likeness (QED) is 0.579. The minimum absolute atomic E-state index is 0.668. The van der Waals surface area contributed by atoms with Gasteiger partial charge in [0, 0.05) is 38.3 Å². The summed E-state index contributed by atoms with van der Waals surface area (Å²) >= 11 is 1.60. The fourth-order valence-corrected chi connectivity index (χ4v) is 5.47. The Morgan fingerprint density at radius 1 is 0.542 bits per heavy atom. The van der Waals surface area contributed by atoms with Crippen molar-refractivity contribution in [3.63, 3.8) is 0 Å². The van der Waals surface area contributed by atoms with E-state index in [-0.39, 0.29) is 0 Å². The van der Waals surface area contributed by atoms with Crippen LogP contribution in [-0.2, 0) is 19.4 Å². The first-order valence-electron chi connectivity index (χ1n) is 9.70. The van der Waals surface area contributed by atoms with Gasteiger partial charge in [-0.15, -0.1) is 0 Å². The fourth-order valence-electron chi connectivity index (χ4n) is 3.30. The van der Waals surface area contributed by atoms with Gasteiger partial charge in [-0.2, -0.15) is 0 Å². The molecule has 2 heterocycles. The van der Waals surface area contributed by atoms with Gasteiger partial charge in [-0.3, -0.25) is 9.80 Å². The molecule has 0 saturated carbocycles. The van der Waals surface area contributed by atoms with Crippen LogP contribution >= 0.6 is 0 Å². The molecule has 0 aliphatic carbocycles. The number of hydrogen-bond donors (Lipinski definition) is 0. The predicted molar refractivity (Wildman–Crippen MR) is 102 cm³/mol. The van der Waals surface area contributed by atoms with Crippen molar-refractivity contribution in [1.82, 2.24) is 19.6 Å². The summed E-state index contributed by atoms with van der Waals surface area (Å²) in [5, 5.41) is 0. The van der Waals surface area contributed by atoms with Crippen LogP contribution in [0.4, 0.5) is 0 Å². The van der Waals surface area contributed by atoms with Gasteiger partial charge in [0.05, 0.1) is 0 Å². The first-order chi connectivity index (χ1) is 11.1. The molecule has 0 aromatic rings. The molecule has 142 valence electrons. The molecule has 2 fully saturated rings. The second-order valence-electron chi connectivity index (χ2n) is 8.12. The molecular weight excluding hydrogens is 468 g/mol. The molecule has 2 aliphatic heterocycles. The van der Waals surface area contributed by atoms with Crippen molar-refractivity contribution in [2.45, 2.75) is 79.6 Å². The average Bonchev–Trinajstić information content (AvgIpc) is 2.90. The molecular formula is C19H40N4W. The van der Waals surface area contributed by atoms with Gasteiger partial charge in [0.25, 0.3) is 0 Å². The van der Waals surface area contributed by atoms with Crippen molar-refractivity contribution in [2.75, 3.05) is 39.3 Å². The summed E-state index contributed by atoms with van der Waals surface area (Å²) in [4.78, 5) is 10.1. The van der Waals surface area contributed by atoms with Gasteiger partial charge in [0.1, 0.15) is 0 Å². The molecule has 0 aromatic heterocycles. The average molecular weight is 508 g/mol. The van der Waals surface area contributed by atoms with Crippen molar-refractivity contribution in [1.29, 1.82) is 0 Å². The Morgan fingerprint density at radius 3 is 1.00 bits per heavy atom. The van der Waals surface area contributed by atoms with Crippen molar-refractivity contribution in [3.05, 3.63) is 0 Å². The third-order valence-electron chi connectivity index (χ3n) is 5.13. The maximum atomic E-state index is 2.55. The van der Waals surface area contributed by atoms with E-state index >= 15 is 0 Å². The van der Waals surface area contributed by atoms with E-state index in [2.05, 4.69) is 75.0 Å². The molecule has 24 heavy (non-hydrogen) atoms. The normalized spacial score (nSPS) is 22.1. The standard InChI is InChI=1S/C10H22N2.C9H18N2.W/c1-9(2)11-5-7-12(8-6-11)10(3)4;1-8(2)10-5-6-11(7-10)9(3)4;/h9-10H,5-8H2,1-4H3;8-9H,5-6H2,1-4H3;. The molecule has 2 saturated heterocycles. The zero-order chi connectivity index (χ0) is 18.4. The van der Waals surface area contributed by atoms with E-state index in [0.717, 1.165) is 12.1 Å². The SMILES string of the molecule is CC(C)N1CCN(C(C)C)CC1.CC(C)N1CCN(C(C)C)[C]1=[W]. The van der Waals surface area contributed by atoms with Crippen LogP contribution in [0.3, 0.4) is 0 Å². The van der Waals surface area contributed by atoms with E-state index in [4.69, 9.17) is 0 Å². The van der Waals surface area contributed by atoms with Crippen molar-refractivity contribution >= 4 is 4.15 Å². The Balaban J connectivity index is 0.000000240. The predicted octanol–water partition coefficient (Wildman–Crippen LogP) is 2.48. The first kappa shape index (κ1) is 22.4. The Kier molecular flexibility index (Phi) is 9.84. The van der Waals surface area contributed by atoms with E-state index in [1.807, 2.05) is 0 Å². The molecule has 0 bridgehead atoms. The Morgan fingerprint density at radius 2 is 0.833 bits per heavy atom. The van der Waals surface area contributed by atoms with E-state index < -0.39 is 0 Å². The monoisotopic (exact) mass is 508 g/mol. The summed E-state index contributed by atoms with van der Waals surface area (Å²) in [7, 11) is 0. The van der Waals surface area contributed by atoms with Crippen molar-refractivity contribution < 1.29 is 19.4 Å². The van der Waals surface area contributed by atoms with E-state index in [0.29, 0.717) is 12.1 Å². The number of nitrogens with zero attached hydrogens (tertiary/aromatic N) is 4. The van der Waals surface area contributed by atoms with Crippen LogP contribution in [0.2, 0.25) is 0 Å². The third-order valence-corrected chi connectivity index (χ3v) is 6.81. The van der Waals surface area contributed by atoms with Gasteiger partial charge in [-0.25, -0.2) is 0 Å². The van der Waals surface area contributed by atoms with E-state index in [9.17, 15) is 0 Å². The second kappa shape index (κ2) is 10.5. The summed E-state index contributed by atoms with van der Waals surface area (Å²) in [6, 6.07) is 2.78. The van der Waals surface area contributed by atoms with Crippen LogP contribution in [-0.4, -0.2) is 87.2 Å². The topological polar surface area (TPSA) is 13.0 Å². The van der Waals surface area contributed by atoms with E-state index in [1.54, 1.807) is 19.4 Å². The number of piperazine rings is 1. The van der Waals surface area contributed by atoms with Gasteiger partial charge < -0.3 is 0 Å². The Hall–Kier alpha value is 0.398. The number of hydrogen-bond acceptors (Lipinski definition) is 4. The van der Waals surface area contributed by atoms with E-state index in [1.165, 1.54) is 43.4 Å². The zero-order valence-electron chi connectivity index (χ0n) is 17.2. The summed E-state index contributed by atoms with van der Waals surface area (Å²) in [6.45, 7) is 25.6. The van der Waals surface area contributed by atoms with Crippen LogP contribution < -0.4 is 0 Å². The molecule has 0 amide bonds. The van der Waals surface area contributed by atoms with Crippen molar-refractivity contribution in [3.8, 4) is 0 Å². The number of rotatable bonds is 4. The second-order valence-corrected chi connectivity index (χ2v) is 9.43. The van der Waals surface area contributed by atoms with Crippen LogP contribution in [0.1, 0.15) is 55.4 Å². The van der Waals surface area contributed by atoms with Crippen LogP contribution in [0.25, 0.3) is 0 Å². The Bertz CT molecular complexity index is 340. The maximum absolute atomic E-state index is 2.55. The van der Waals surface area contributed by atoms with Crippen LogP contribution in [0.5, 0.6) is 0 Å². The third kappa shape index (κ3) is 6.61. The molecule has 5 heteroatoms. The molecule has 0 radical (unpaired) electrons. The molecule has 0 atom stereocenters. The molecule has 0 spiro atoms. The Labute approximate surface area is 161 Å². The van der Waals surface area contributed by atoms with Crippen LogP contribution in [0, 0.1) is 0 Å². The minimum atomic E-state index is 0.668. The molecule has 2 rings (SSSR count). The molecule has 4 nitrogen and oxygen atoms in total. The van der Waals surface area contributed by atoms with Crippen molar-refractivity contribution in [2.24, 2.45) is 0 Å².